The van der Waals surface area contributed by atoms with E-state index in [0.29, 0.717) is 17.9 Å². The molecule has 7 heteroatoms. The molecule has 0 bridgehead atoms. The van der Waals surface area contributed by atoms with Crippen molar-refractivity contribution < 1.29 is 19.2 Å². The van der Waals surface area contributed by atoms with E-state index < -0.39 is 10.8 Å². The summed E-state index contributed by atoms with van der Waals surface area (Å²) in [5, 5.41) is 13.6. The molecule has 0 fully saturated rings. The molecule has 1 amide bonds. The second-order valence-electron chi connectivity index (χ2n) is 5.89. The van der Waals surface area contributed by atoms with Crippen LogP contribution in [-0.4, -0.2) is 17.9 Å². The van der Waals surface area contributed by atoms with Crippen LogP contribution in [0.4, 0.5) is 11.4 Å². The molecule has 3 aromatic rings. The van der Waals surface area contributed by atoms with Crippen LogP contribution in [0.25, 0.3) is 0 Å². The first-order valence-corrected chi connectivity index (χ1v) is 8.47. The zero-order valence-corrected chi connectivity index (χ0v) is 15.1. The molecule has 0 radical (unpaired) electrons. The second-order valence-corrected chi connectivity index (χ2v) is 5.89. The summed E-state index contributed by atoms with van der Waals surface area (Å²) >= 11 is 0. The zero-order chi connectivity index (χ0) is 19.9. The Balaban J connectivity index is 1.68. The fourth-order valence-electron chi connectivity index (χ4n) is 2.54. The maximum atomic E-state index is 12.5. The van der Waals surface area contributed by atoms with Gasteiger partial charge in [0.05, 0.1) is 17.7 Å². The standard InChI is InChI=1S/C21H18N2O5/c1-27-20-12-11-17(23(25)26)13-19(20)22-21(24)16-9-7-15(8-10-16)14-28-18-5-3-2-4-6-18/h2-13H,14H2,1H3,(H,22,24). The summed E-state index contributed by atoms with van der Waals surface area (Å²) in [7, 11) is 1.43. The van der Waals surface area contributed by atoms with Crippen LogP contribution >= 0.6 is 0 Å². The van der Waals surface area contributed by atoms with Crippen molar-refractivity contribution >= 4 is 17.3 Å². The molecule has 28 heavy (non-hydrogen) atoms. The molecule has 0 atom stereocenters. The summed E-state index contributed by atoms with van der Waals surface area (Å²) in [6.45, 7) is 0.380. The van der Waals surface area contributed by atoms with Crippen molar-refractivity contribution in [3.8, 4) is 11.5 Å². The Kier molecular flexibility index (Phi) is 5.86. The maximum Gasteiger partial charge on any atom is 0.271 e. The molecular weight excluding hydrogens is 360 g/mol. The first-order valence-electron chi connectivity index (χ1n) is 8.47. The van der Waals surface area contributed by atoms with Crippen molar-refractivity contribution in [1.29, 1.82) is 0 Å². The smallest absolute Gasteiger partial charge is 0.271 e. The van der Waals surface area contributed by atoms with E-state index >= 15 is 0 Å². The van der Waals surface area contributed by atoms with Crippen LogP contribution in [0.3, 0.4) is 0 Å². The highest BCUT2D eigenvalue weighted by Crippen LogP contribution is 2.29. The highest BCUT2D eigenvalue weighted by molar-refractivity contribution is 6.05. The van der Waals surface area contributed by atoms with E-state index in [1.165, 1.54) is 25.3 Å². The Morgan fingerprint density at radius 3 is 2.39 bits per heavy atom. The number of carbonyl (C=O) groups is 1. The van der Waals surface area contributed by atoms with E-state index in [9.17, 15) is 14.9 Å². The number of nitro groups is 1. The van der Waals surface area contributed by atoms with Crippen LogP contribution in [-0.2, 0) is 6.61 Å². The molecule has 142 valence electrons. The summed E-state index contributed by atoms with van der Waals surface area (Å²) in [4.78, 5) is 22.9. The van der Waals surface area contributed by atoms with E-state index in [-0.39, 0.29) is 11.4 Å². The number of non-ortho nitro benzene ring substituents is 1. The van der Waals surface area contributed by atoms with Gasteiger partial charge in [0.2, 0.25) is 0 Å². The molecule has 0 aliphatic heterocycles. The number of nitrogens with zero attached hydrogens (tertiary/aromatic N) is 1. The number of para-hydroxylation sites is 1. The molecule has 0 saturated heterocycles. The van der Waals surface area contributed by atoms with Gasteiger partial charge in [-0.05, 0) is 35.9 Å². The van der Waals surface area contributed by atoms with E-state index in [0.717, 1.165) is 11.3 Å². The molecule has 0 heterocycles. The van der Waals surface area contributed by atoms with Crippen LogP contribution in [0.15, 0.2) is 72.8 Å². The summed E-state index contributed by atoms with van der Waals surface area (Å²) in [5.41, 5.74) is 1.42. The van der Waals surface area contributed by atoms with Gasteiger partial charge in [-0.1, -0.05) is 30.3 Å². The first kappa shape index (κ1) is 18.9. The fraction of sp³-hybridized carbons (Fsp3) is 0.0952. The molecular formula is C21H18N2O5. The van der Waals surface area contributed by atoms with Gasteiger partial charge in [0.25, 0.3) is 11.6 Å². The Bertz CT molecular complexity index is 972. The number of methoxy groups -OCH3 is 1. The fourth-order valence-corrected chi connectivity index (χ4v) is 2.54. The lowest BCUT2D eigenvalue weighted by Crippen LogP contribution is -2.13. The lowest BCUT2D eigenvalue weighted by atomic mass is 10.1. The molecule has 0 spiro atoms. The molecule has 3 rings (SSSR count). The number of hydrogen-bond acceptors (Lipinski definition) is 5. The normalized spacial score (nSPS) is 10.2. The Morgan fingerprint density at radius 1 is 1.04 bits per heavy atom. The molecule has 0 aliphatic rings. The molecule has 1 N–H and O–H groups in total. The van der Waals surface area contributed by atoms with Gasteiger partial charge in [-0.15, -0.1) is 0 Å². The van der Waals surface area contributed by atoms with Crippen LogP contribution in [0.1, 0.15) is 15.9 Å². The number of nitrogens with one attached hydrogen (secondary N) is 1. The number of amides is 1. The summed E-state index contributed by atoms with van der Waals surface area (Å²) < 4.78 is 10.8. The van der Waals surface area contributed by atoms with Crippen molar-refractivity contribution in [2.24, 2.45) is 0 Å². The van der Waals surface area contributed by atoms with Crippen LogP contribution in [0.5, 0.6) is 11.5 Å². The SMILES string of the molecule is COc1ccc([N+](=O)[O-])cc1NC(=O)c1ccc(COc2ccccc2)cc1. The number of hydrogen-bond donors (Lipinski definition) is 1. The van der Waals surface area contributed by atoms with Gasteiger partial charge < -0.3 is 14.8 Å². The maximum absolute atomic E-state index is 12.5. The molecule has 0 aromatic heterocycles. The first-order chi connectivity index (χ1) is 13.6. The minimum absolute atomic E-state index is 0.135. The monoisotopic (exact) mass is 378 g/mol. The third kappa shape index (κ3) is 4.64. The topological polar surface area (TPSA) is 90.7 Å². The van der Waals surface area contributed by atoms with Gasteiger partial charge in [0, 0.05) is 17.7 Å². The average molecular weight is 378 g/mol. The van der Waals surface area contributed by atoms with Gasteiger partial charge in [0.15, 0.2) is 0 Å². The number of ether oxygens (including phenoxy) is 2. The molecule has 3 aromatic carbocycles. The van der Waals surface area contributed by atoms with Crippen molar-refractivity contribution in [3.05, 3.63) is 94.0 Å². The highest BCUT2D eigenvalue weighted by Gasteiger charge is 2.14. The predicted molar refractivity (Wildman–Crippen MR) is 105 cm³/mol. The summed E-state index contributed by atoms with van der Waals surface area (Å²) in [6, 6.07) is 20.4. The largest absolute Gasteiger partial charge is 0.495 e. The van der Waals surface area contributed by atoms with E-state index in [1.54, 1.807) is 24.3 Å². The van der Waals surface area contributed by atoms with Crippen molar-refractivity contribution in [2.45, 2.75) is 6.61 Å². The quantitative estimate of drug-likeness (QED) is 0.485. The van der Waals surface area contributed by atoms with Gasteiger partial charge in [-0.3, -0.25) is 14.9 Å². The van der Waals surface area contributed by atoms with Crippen molar-refractivity contribution in [2.75, 3.05) is 12.4 Å². The minimum atomic E-state index is -0.531. The van der Waals surface area contributed by atoms with Gasteiger partial charge in [0.1, 0.15) is 18.1 Å². The van der Waals surface area contributed by atoms with Gasteiger partial charge in [-0.2, -0.15) is 0 Å². The van der Waals surface area contributed by atoms with Gasteiger partial charge in [-0.25, -0.2) is 0 Å². The number of anilines is 1. The predicted octanol–water partition coefficient (Wildman–Crippen LogP) is 4.43. The van der Waals surface area contributed by atoms with Gasteiger partial charge >= 0.3 is 0 Å². The molecule has 0 aliphatic carbocycles. The summed E-state index contributed by atoms with van der Waals surface area (Å²) in [6.07, 6.45) is 0. The Hall–Kier alpha value is -3.87. The molecule has 0 unspecified atom stereocenters. The Morgan fingerprint density at radius 2 is 1.75 bits per heavy atom. The van der Waals surface area contributed by atoms with E-state index in [2.05, 4.69) is 5.32 Å². The Labute approximate surface area is 161 Å². The third-order valence-corrected chi connectivity index (χ3v) is 4.01. The molecule has 7 nitrogen and oxygen atoms in total. The lowest BCUT2D eigenvalue weighted by Gasteiger charge is -2.10. The minimum Gasteiger partial charge on any atom is -0.495 e. The average Bonchev–Trinajstić information content (AvgIpc) is 2.73. The summed E-state index contributed by atoms with van der Waals surface area (Å²) in [5.74, 6) is 0.711. The van der Waals surface area contributed by atoms with Crippen LogP contribution < -0.4 is 14.8 Å². The van der Waals surface area contributed by atoms with Crippen LogP contribution in [0, 0.1) is 10.1 Å². The number of rotatable bonds is 7. The highest BCUT2D eigenvalue weighted by atomic mass is 16.6. The number of benzene rings is 3. The lowest BCUT2D eigenvalue weighted by molar-refractivity contribution is -0.384. The van der Waals surface area contributed by atoms with E-state index in [4.69, 9.17) is 9.47 Å². The molecule has 0 saturated carbocycles. The number of nitro benzene ring substituents is 1. The van der Waals surface area contributed by atoms with Crippen molar-refractivity contribution in [1.82, 2.24) is 0 Å². The number of carbonyl (C=O) groups excluding carboxylic acids is 1. The zero-order valence-electron chi connectivity index (χ0n) is 15.1. The van der Waals surface area contributed by atoms with Crippen LogP contribution in [0.2, 0.25) is 0 Å². The third-order valence-electron chi connectivity index (χ3n) is 4.01. The van der Waals surface area contributed by atoms with Crippen molar-refractivity contribution in [3.63, 3.8) is 0 Å². The van der Waals surface area contributed by atoms with E-state index in [1.807, 2.05) is 30.3 Å². The second kappa shape index (κ2) is 8.68.